The van der Waals surface area contributed by atoms with Gasteiger partial charge in [0.1, 0.15) is 11.4 Å². The summed E-state index contributed by atoms with van der Waals surface area (Å²) >= 11 is 0. The van der Waals surface area contributed by atoms with Crippen LogP contribution in [0.2, 0.25) is 0 Å². The van der Waals surface area contributed by atoms with E-state index in [4.69, 9.17) is 14.2 Å². The van der Waals surface area contributed by atoms with Crippen LogP contribution >= 0.6 is 0 Å². The van der Waals surface area contributed by atoms with Crippen molar-refractivity contribution < 1.29 is 23.8 Å². The molecule has 2 aromatic carbocycles. The molecule has 0 N–H and O–H groups in total. The van der Waals surface area contributed by atoms with Crippen LogP contribution in [-0.4, -0.2) is 72.4 Å². The molecule has 1 aliphatic rings. The number of methoxy groups -OCH3 is 2. The highest BCUT2D eigenvalue weighted by molar-refractivity contribution is 5.95. The number of esters is 1. The normalized spacial score (nSPS) is 18.9. The van der Waals surface area contributed by atoms with Gasteiger partial charge in [-0.3, -0.25) is 9.47 Å². The van der Waals surface area contributed by atoms with Crippen LogP contribution in [-0.2, 0) is 16.0 Å². The molecule has 0 bridgehead atoms. The van der Waals surface area contributed by atoms with Crippen LogP contribution in [0.1, 0.15) is 60.8 Å². The summed E-state index contributed by atoms with van der Waals surface area (Å²) in [6.45, 7) is 12.1. The second kappa shape index (κ2) is 10.8. The number of ether oxygens (including phenoxy) is 3. The Bertz CT molecular complexity index is 1320. The fourth-order valence-electron chi connectivity index (χ4n) is 5.20. The molecule has 4 rings (SSSR count). The molecule has 1 saturated heterocycles. The second-order valence-electron chi connectivity index (χ2n) is 11.2. The van der Waals surface area contributed by atoms with E-state index in [2.05, 4.69) is 23.8 Å². The minimum absolute atomic E-state index is 0.108. The molecule has 1 aromatic heterocycles. The van der Waals surface area contributed by atoms with Crippen molar-refractivity contribution >= 4 is 23.0 Å². The maximum atomic E-state index is 13.0. The van der Waals surface area contributed by atoms with Crippen molar-refractivity contribution in [2.75, 3.05) is 34.4 Å². The third-order valence-electron chi connectivity index (χ3n) is 7.27. The molecular formula is C30H39N3O5. The lowest BCUT2D eigenvalue weighted by atomic mass is 9.97. The zero-order chi connectivity index (χ0) is 27.8. The van der Waals surface area contributed by atoms with Crippen molar-refractivity contribution in [3.63, 3.8) is 0 Å². The van der Waals surface area contributed by atoms with E-state index in [1.165, 1.54) is 7.11 Å². The number of benzene rings is 2. The van der Waals surface area contributed by atoms with Gasteiger partial charge < -0.3 is 19.1 Å². The van der Waals surface area contributed by atoms with E-state index in [-0.39, 0.29) is 12.0 Å². The van der Waals surface area contributed by atoms with Crippen molar-refractivity contribution in [2.45, 2.75) is 58.8 Å². The molecule has 8 nitrogen and oxygen atoms in total. The van der Waals surface area contributed by atoms with E-state index in [0.29, 0.717) is 18.2 Å². The Morgan fingerprint density at radius 2 is 1.74 bits per heavy atom. The SMILES string of the molecule is COC(=O)c1ccc([C@H]2CN(C)C(C)CN2Cc2c(OC)cc(C)c3c2ccn3C(=O)OC(C)(C)C)cc1. The van der Waals surface area contributed by atoms with Gasteiger partial charge in [-0.25, -0.2) is 9.59 Å². The minimum Gasteiger partial charge on any atom is -0.496 e. The molecule has 2 atom stereocenters. The molecule has 1 aliphatic heterocycles. The fourth-order valence-corrected chi connectivity index (χ4v) is 5.20. The van der Waals surface area contributed by atoms with Crippen LogP contribution in [0.25, 0.3) is 10.9 Å². The Balaban J connectivity index is 1.74. The Labute approximate surface area is 225 Å². The smallest absolute Gasteiger partial charge is 0.419 e. The fraction of sp³-hybridized carbons (Fsp3) is 0.467. The number of nitrogens with zero attached hydrogens (tertiary/aromatic N) is 3. The molecule has 0 aliphatic carbocycles. The predicted octanol–water partition coefficient (Wildman–Crippen LogP) is 5.41. The van der Waals surface area contributed by atoms with Crippen molar-refractivity contribution in [3.8, 4) is 5.75 Å². The highest BCUT2D eigenvalue weighted by Crippen LogP contribution is 2.37. The van der Waals surface area contributed by atoms with Crippen LogP contribution in [0.4, 0.5) is 4.79 Å². The van der Waals surface area contributed by atoms with Crippen molar-refractivity contribution in [3.05, 3.63) is 64.8 Å². The topological polar surface area (TPSA) is 73.2 Å². The number of likely N-dealkylation sites (N-methyl/N-ethyl adjacent to an activating group) is 1. The van der Waals surface area contributed by atoms with E-state index in [1.54, 1.807) is 17.9 Å². The zero-order valence-corrected chi connectivity index (χ0v) is 23.7. The first-order valence-electron chi connectivity index (χ1n) is 13.0. The molecule has 0 radical (unpaired) electrons. The maximum Gasteiger partial charge on any atom is 0.419 e. The van der Waals surface area contributed by atoms with E-state index < -0.39 is 11.7 Å². The average Bonchev–Trinajstić information content (AvgIpc) is 3.32. The quantitative estimate of drug-likeness (QED) is 0.416. The molecular weight excluding hydrogens is 482 g/mol. The summed E-state index contributed by atoms with van der Waals surface area (Å²) in [7, 11) is 5.22. The number of rotatable bonds is 5. The third kappa shape index (κ3) is 5.56. The van der Waals surface area contributed by atoms with Crippen LogP contribution in [0.15, 0.2) is 42.6 Å². The van der Waals surface area contributed by atoms with Gasteiger partial charge in [0, 0.05) is 48.9 Å². The molecule has 8 heteroatoms. The number of carbonyl (C=O) groups is 2. The summed E-state index contributed by atoms with van der Waals surface area (Å²) in [5, 5.41) is 0.971. The van der Waals surface area contributed by atoms with E-state index in [0.717, 1.165) is 46.4 Å². The Morgan fingerprint density at radius 3 is 2.34 bits per heavy atom. The lowest BCUT2D eigenvalue weighted by molar-refractivity contribution is 0.0451. The van der Waals surface area contributed by atoms with Crippen molar-refractivity contribution in [1.29, 1.82) is 0 Å². The Morgan fingerprint density at radius 1 is 1.05 bits per heavy atom. The number of hydrogen-bond donors (Lipinski definition) is 0. The third-order valence-corrected chi connectivity index (χ3v) is 7.27. The van der Waals surface area contributed by atoms with E-state index >= 15 is 0 Å². The molecule has 38 heavy (non-hydrogen) atoms. The summed E-state index contributed by atoms with van der Waals surface area (Å²) in [6, 6.07) is 12.1. The number of piperazine rings is 1. The van der Waals surface area contributed by atoms with Gasteiger partial charge in [-0.1, -0.05) is 12.1 Å². The summed E-state index contributed by atoms with van der Waals surface area (Å²) < 4.78 is 18.0. The summed E-state index contributed by atoms with van der Waals surface area (Å²) in [6.07, 6.45) is 1.38. The number of aryl methyl sites for hydroxylation is 1. The molecule has 1 unspecified atom stereocenters. The van der Waals surface area contributed by atoms with Gasteiger partial charge in [0.2, 0.25) is 0 Å². The van der Waals surface area contributed by atoms with Crippen molar-refractivity contribution in [2.24, 2.45) is 0 Å². The summed E-state index contributed by atoms with van der Waals surface area (Å²) in [5.41, 5.74) is 3.87. The number of hydrogen-bond acceptors (Lipinski definition) is 7. The molecule has 3 aromatic rings. The molecule has 1 fully saturated rings. The lowest BCUT2D eigenvalue weighted by Crippen LogP contribution is -2.51. The number of fused-ring (bicyclic) bond motifs is 1. The van der Waals surface area contributed by atoms with Gasteiger partial charge in [0.05, 0.1) is 25.3 Å². The summed E-state index contributed by atoms with van der Waals surface area (Å²) in [5.74, 6) is 0.451. The van der Waals surface area contributed by atoms with Gasteiger partial charge in [-0.05, 0) is 77.1 Å². The van der Waals surface area contributed by atoms with E-state index in [1.807, 2.05) is 64.1 Å². The highest BCUT2D eigenvalue weighted by atomic mass is 16.6. The first-order valence-corrected chi connectivity index (χ1v) is 13.0. The van der Waals surface area contributed by atoms with Gasteiger partial charge >= 0.3 is 12.1 Å². The zero-order valence-electron chi connectivity index (χ0n) is 23.7. The first kappa shape index (κ1) is 27.7. The van der Waals surface area contributed by atoms with Crippen LogP contribution in [0, 0.1) is 6.92 Å². The first-order chi connectivity index (χ1) is 17.9. The molecule has 2 heterocycles. The van der Waals surface area contributed by atoms with Gasteiger partial charge in [0.25, 0.3) is 0 Å². The van der Waals surface area contributed by atoms with Crippen molar-refractivity contribution in [1.82, 2.24) is 14.4 Å². The minimum atomic E-state index is -0.594. The molecule has 0 spiro atoms. The monoisotopic (exact) mass is 521 g/mol. The van der Waals surface area contributed by atoms with Crippen LogP contribution in [0.3, 0.4) is 0 Å². The standard InChI is InChI=1S/C30H39N3O5/c1-19-15-26(36-7)24(23-13-14-33(27(19)23)29(35)38-30(3,4)5)17-32-16-20(2)31(6)18-25(32)21-9-11-22(12-10-21)28(34)37-8/h9-15,20,25H,16-18H2,1-8H3/t20?,25-/m1/s1. The number of carbonyl (C=O) groups excluding carboxylic acids is 2. The molecule has 0 saturated carbocycles. The molecule has 204 valence electrons. The van der Waals surface area contributed by atoms with Gasteiger partial charge in [-0.15, -0.1) is 0 Å². The Hall–Kier alpha value is -3.36. The average molecular weight is 522 g/mol. The second-order valence-corrected chi connectivity index (χ2v) is 11.2. The largest absolute Gasteiger partial charge is 0.496 e. The van der Waals surface area contributed by atoms with Crippen LogP contribution in [0.5, 0.6) is 5.75 Å². The van der Waals surface area contributed by atoms with Gasteiger partial charge in [-0.2, -0.15) is 0 Å². The summed E-state index contributed by atoms with van der Waals surface area (Å²) in [4.78, 5) is 29.8. The maximum absolute atomic E-state index is 13.0. The lowest BCUT2D eigenvalue weighted by Gasteiger charge is -2.44. The Kier molecular flexibility index (Phi) is 7.85. The number of aromatic nitrogens is 1. The van der Waals surface area contributed by atoms with E-state index in [9.17, 15) is 9.59 Å². The predicted molar refractivity (Wildman–Crippen MR) is 148 cm³/mol. The molecule has 0 amide bonds. The van der Waals surface area contributed by atoms with Gasteiger partial charge in [0.15, 0.2) is 0 Å². The van der Waals surface area contributed by atoms with Crippen LogP contribution < -0.4 is 4.74 Å². The highest BCUT2D eigenvalue weighted by Gasteiger charge is 2.32.